The molecule has 0 spiro atoms. The van der Waals surface area contributed by atoms with Crippen LogP contribution in [0.5, 0.6) is 0 Å². The van der Waals surface area contributed by atoms with Gasteiger partial charge in [-0.05, 0) is 13.8 Å². The Morgan fingerprint density at radius 1 is 1.53 bits per heavy atom. The van der Waals surface area contributed by atoms with Gasteiger partial charge in [0.15, 0.2) is 0 Å². The molecule has 1 aromatic rings. The van der Waals surface area contributed by atoms with Crippen molar-refractivity contribution in [3.8, 4) is 0 Å². The highest BCUT2D eigenvalue weighted by Crippen LogP contribution is 2.01. The van der Waals surface area contributed by atoms with Gasteiger partial charge in [-0.3, -0.25) is 9.78 Å². The van der Waals surface area contributed by atoms with Gasteiger partial charge in [-0.25, -0.2) is 4.98 Å². The van der Waals surface area contributed by atoms with E-state index in [1.54, 1.807) is 13.2 Å². The molecule has 2 N–H and O–H groups in total. The van der Waals surface area contributed by atoms with Crippen molar-refractivity contribution < 1.29 is 9.53 Å². The fraction of sp³-hybridized carbons (Fsp3) is 0.545. The Morgan fingerprint density at radius 3 is 2.94 bits per heavy atom. The highest BCUT2D eigenvalue weighted by molar-refractivity contribution is 5.92. The van der Waals surface area contributed by atoms with Crippen LogP contribution in [0, 0.1) is 0 Å². The summed E-state index contributed by atoms with van der Waals surface area (Å²) in [6, 6.07) is -0.0532. The smallest absolute Gasteiger partial charge is 0.271 e. The molecule has 0 bridgehead atoms. The maximum absolute atomic E-state index is 11.8. The summed E-state index contributed by atoms with van der Waals surface area (Å²) in [4.78, 5) is 19.8. The summed E-state index contributed by atoms with van der Waals surface area (Å²) < 4.78 is 5.21. The second-order valence-corrected chi connectivity index (χ2v) is 3.57. The number of carbonyl (C=O) groups is 1. The zero-order chi connectivity index (χ0) is 12.7. The van der Waals surface area contributed by atoms with Crippen molar-refractivity contribution in [3.05, 3.63) is 18.1 Å². The van der Waals surface area contributed by atoms with Gasteiger partial charge < -0.3 is 15.4 Å². The first-order valence-corrected chi connectivity index (χ1v) is 5.55. The Labute approximate surface area is 101 Å². The van der Waals surface area contributed by atoms with Crippen molar-refractivity contribution in [2.45, 2.75) is 19.9 Å². The van der Waals surface area contributed by atoms with Gasteiger partial charge in [0.2, 0.25) is 0 Å². The minimum atomic E-state index is -0.248. The number of amides is 1. The third kappa shape index (κ3) is 4.36. The SMILES string of the molecule is CCOCC(C)NC(=O)c1cncc(NC)n1. The Bertz CT molecular complexity index is 370. The number of rotatable bonds is 6. The Hall–Kier alpha value is -1.69. The maximum Gasteiger partial charge on any atom is 0.271 e. The normalized spacial score (nSPS) is 11.9. The van der Waals surface area contributed by atoms with Crippen LogP contribution in [-0.4, -0.2) is 42.2 Å². The van der Waals surface area contributed by atoms with E-state index in [-0.39, 0.29) is 11.9 Å². The number of anilines is 1. The Morgan fingerprint density at radius 2 is 2.29 bits per heavy atom. The number of hydrogen-bond donors (Lipinski definition) is 2. The summed E-state index contributed by atoms with van der Waals surface area (Å²) in [5.41, 5.74) is 0.292. The minimum Gasteiger partial charge on any atom is -0.380 e. The zero-order valence-electron chi connectivity index (χ0n) is 10.4. The van der Waals surface area contributed by atoms with Crippen molar-refractivity contribution in [2.75, 3.05) is 25.6 Å². The van der Waals surface area contributed by atoms with Crippen molar-refractivity contribution in [1.82, 2.24) is 15.3 Å². The molecule has 0 radical (unpaired) electrons. The van der Waals surface area contributed by atoms with Gasteiger partial charge in [-0.15, -0.1) is 0 Å². The number of nitrogens with one attached hydrogen (secondary N) is 2. The molecule has 1 amide bonds. The van der Waals surface area contributed by atoms with Crippen LogP contribution in [-0.2, 0) is 4.74 Å². The van der Waals surface area contributed by atoms with E-state index in [1.165, 1.54) is 6.20 Å². The topological polar surface area (TPSA) is 76.1 Å². The predicted octanol–water partition coefficient (Wildman–Crippen LogP) is 0.673. The summed E-state index contributed by atoms with van der Waals surface area (Å²) in [5, 5.41) is 5.62. The van der Waals surface area contributed by atoms with Crippen LogP contribution in [0.25, 0.3) is 0 Å². The molecule has 0 fully saturated rings. The first-order chi connectivity index (χ1) is 8.17. The predicted molar refractivity (Wildman–Crippen MR) is 65.0 cm³/mol. The van der Waals surface area contributed by atoms with Crippen molar-refractivity contribution in [1.29, 1.82) is 0 Å². The van der Waals surface area contributed by atoms with Crippen LogP contribution < -0.4 is 10.6 Å². The van der Waals surface area contributed by atoms with E-state index in [4.69, 9.17) is 4.74 Å². The Balaban J connectivity index is 2.56. The van der Waals surface area contributed by atoms with E-state index < -0.39 is 0 Å². The lowest BCUT2D eigenvalue weighted by Crippen LogP contribution is -2.36. The van der Waals surface area contributed by atoms with Crippen LogP contribution in [0.2, 0.25) is 0 Å². The molecule has 1 heterocycles. The van der Waals surface area contributed by atoms with Gasteiger partial charge in [-0.1, -0.05) is 0 Å². The molecule has 1 unspecified atom stereocenters. The highest BCUT2D eigenvalue weighted by Gasteiger charge is 2.11. The summed E-state index contributed by atoms with van der Waals surface area (Å²) in [5.74, 6) is 0.317. The molecule has 1 aromatic heterocycles. The first kappa shape index (κ1) is 13.4. The fourth-order valence-corrected chi connectivity index (χ4v) is 1.23. The standard InChI is InChI=1S/C11H18N4O2/c1-4-17-7-8(2)14-11(16)9-5-13-6-10(12-3)15-9/h5-6,8H,4,7H2,1-3H3,(H,12,15)(H,14,16). The summed E-state index contributed by atoms with van der Waals surface area (Å²) in [7, 11) is 1.73. The number of carbonyl (C=O) groups excluding carboxylic acids is 1. The van der Waals surface area contributed by atoms with Crippen LogP contribution >= 0.6 is 0 Å². The molecule has 1 atom stereocenters. The third-order valence-electron chi connectivity index (χ3n) is 2.07. The average molecular weight is 238 g/mol. The number of hydrogen-bond acceptors (Lipinski definition) is 5. The molecular formula is C11H18N4O2. The molecule has 0 aliphatic carbocycles. The maximum atomic E-state index is 11.8. The second kappa shape index (κ2) is 6.80. The van der Waals surface area contributed by atoms with Crippen molar-refractivity contribution in [3.63, 3.8) is 0 Å². The molecule has 0 saturated heterocycles. The highest BCUT2D eigenvalue weighted by atomic mass is 16.5. The third-order valence-corrected chi connectivity index (χ3v) is 2.07. The summed E-state index contributed by atoms with van der Waals surface area (Å²) in [6.45, 7) is 4.91. The number of ether oxygens (including phenoxy) is 1. The molecule has 6 nitrogen and oxygen atoms in total. The van der Waals surface area contributed by atoms with Crippen LogP contribution in [0.1, 0.15) is 24.3 Å². The van der Waals surface area contributed by atoms with Crippen LogP contribution in [0.3, 0.4) is 0 Å². The van der Waals surface area contributed by atoms with E-state index in [2.05, 4.69) is 20.6 Å². The molecule has 0 aromatic carbocycles. The lowest BCUT2D eigenvalue weighted by molar-refractivity contribution is 0.0867. The largest absolute Gasteiger partial charge is 0.380 e. The average Bonchev–Trinajstić information content (AvgIpc) is 2.36. The monoisotopic (exact) mass is 238 g/mol. The van der Waals surface area contributed by atoms with Gasteiger partial charge in [0, 0.05) is 19.7 Å². The van der Waals surface area contributed by atoms with E-state index in [9.17, 15) is 4.79 Å². The van der Waals surface area contributed by atoms with Gasteiger partial charge in [-0.2, -0.15) is 0 Å². The molecule has 94 valence electrons. The van der Waals surface area contributed by atoms with E-state index in [0.717, 1.165) is 0 Å². The molecule has 17 heavy (non-hydrogen) atoms. The molecule has 6 heteroatoms. The van der Waals surface area contributed by atoms with Gasteiger partial charge in [0.05, 0.1) is 19.0 Å². The molecule has 1 rings (SSSR count). The molecule has 0 aliphatic heterocycles. The minimum absolute atomic E-state index is 0.0532. The van der Waals surface area contributed by atoms with Gasteiger partial charge >= 0.3 is 0 Å². The van der Waals surface area contributed by atoms with Gasteiger partial charge in [0.25, 0.3) is 5.91 Å². The van der Waals surface area contributed by atoms with Gasteiger partial charge in [0.1, 0.15) is 11.5 Å². The first-order valence-electron chi connectivity index (χ1n) is 5.55. The summed E-state index contributed by atoms with van der Waals surface area (Å²) >= 11 is 0. The van der Waals surface area contributed by atoms with Crippen LogP contribution in [0.4, 0.5) is 5.82 Å². The van der Waals surface area contributed by atoms with E-state index in [1.807, 2.05) is 13.8 Å². The summed E-state index contributed by atoms with van der Waals surface area (Å²) in [6.07, 6.45) is 2.99. The zero-order valence-corrected chi connectivity index (χ0v) is 10.4. The van der Waals surface area contributed by atoms with E-state index in [0.29, 0.717) is 24.7 Å². The fourth-order valence-electron chi connectivity index (χ4n) is 1.23. The van der Waals surface area contributed by atoms with Crippen LogP contribution in [0.15, 0.2) is 12.4 Å². The lowest BCUT2D eigenvalue weighted by atomic mass is 10.3. The second-order valence-electron chi connectivity index (χ2n) is 3.57. The molecule has 0 saturated carbocycles. The lowest BCUT2D eigenvalue weighted by Gasteiger charge is -2.13. The van der Waals surface area contributed by atoms with Crippen molar-refractivity contribution in [2.24, 2.45) is 0 Å². The number of aromatic nitrogens is 2. The quantitative estimate of drug-likeness (QED) is 0.762. The molecule has 0 aliphatic rings. The molecular weight excluding hydrogens is 220 g/mol. The number of nitrogens with zero attached hydrogens (tertiary/aromatic N) is 2. The van der Waals surface area contributed by atoms with E-state index >= 15 is 0 Å². The Kier molecular flexibility index (Phi) is 5.35. The van der Waals surface area contributed by atoms with Crippen molar-refractivity contribution >= 4 is 11.7 Å².